The van der Waals surface area contributed by atoms with Crippen molar-refractivity contribution in [1.29, 1.82) is 0 Å². The molecule has 0 saturated heterocycles. The molecule has 1 amide bonds. The Kier molecular flexibility index (Phi) is 5.28. The number of rotatable bonds is 4. The first kappa shape index (κ1) is 15.9. The Labute approximate surface area is 124 Å². The van der Waals surface area contributed by atoms with Crippen LogP contribution in [-0.4, -0.2) is 18.5 Å². The van der Waals surface area contributed by atoms with E-state index in [1.807, 2.05) is 0 Å². The third-order valence-electron chi connectivity index (χ3n) is 4.44. The number of carbonyl (C=O) groups excluding carboxylic acids is 1. The van der Waals surface area contributed by atoms with Gasteiger partial charge in [0.25, 0.3) is 0 Å². The average Bonchev–Trinajstić information content (AvgIpc) is 2.44. The van der Waals surface area contributed by atoms with Gasteiger partial charge in [0, 0.05) is 17.8 Å². The van der Waals surface area contributed by atoms with Crippen molar-refractivity contribution in [3.63, 3.8) is 0 Å². The maximum atomic E-state index is 13.1. The second-order valence-corrected chi connectivity index (χ2v) is 5.93. The molecule has 3 nitrogen and oxygen atoms in total. The number of benzene rings is 1. The van der Waals surface area contributed by atoms with Gasteiger partial charge in [-0.25, -0.2) is 8.78 Å². The summed E-state index contributed by atoms with van der Waals surface area (Å²) in [5, 5.41) is 5.84. The van der Waals surface area contributed by atoms with Crippen molar-refractivity contribution in [2.45, 2.75) is 39.2 Å². The van der Waals surface area contributed by atoms with Gasteiger partial charge < -0.3 is 10.6 Å². The van der Waals surface area contributed by atoms with Crippen LogP contribution in [0.5, 0.6) is 0 Å². The number of nitrogens with one attached hydrogen (secondary N) is 2. The fourth-order valence-corrected chi connectivity index (χ4v) is 2.87. The lowest BCUT2D eigenvalue weighted by Gasteiger charge is -2.34. The molecule has 1 saturated carbocycles. The van der Waals surface area contributed by atoms with Crippen LogP contribution in [0.25, 0.3) is 0 Å². The molecule has 2 N–H and O–H groups in total. The molecule has 0 spiro atoms. The summed E-state index contributed by atoms with van der Waals surface area (Å²) in [5.41, 5.74) is 0.269. The van der Waals surface area contributed by atoms with Crippen LogP contribution in [0.3, 0.4) is 0 Å². The van der Waals surface area contributed by atoms with Crippen LogP contribution in [0.2, 0.25) is 0 Å². The van der Waals surface area contributed by atoms with E-state index in [0.717, 1.165) is 18.6 Å². The fraction of sp³-hybridized carbons (Fsp3) is 0.562. The third-order valence-corrected chi connectivity index (χ3v) is 4.44. The van der Waals surface area contributed by atoms with Crippen molar-refractivity contribution >= 4 is 11.6 Å². The Morgan fingerprint density at radius 3 is 2.71 bits per heavy atom. The number of halogens is 2. The van der Waals surface area contributed by atoms with Gasteiger partial charge in [-0.15, -0.1) is 0 Å². The van der Waals surface area contributed by atoms with Crippen molar-refractivity contribution in [3.05, 3.63) is 29.8 Å². The van der Waals surface area contributed by atoms with E-state index < -0.39 is 11.6 Å². The molecule has 0 bridgehead atoms. The minimum atomic E-state index is -0.963. The lowest BCUT2D eigenvalue weighted by molar-refractivity contribution is -0.115. The molecular weight excluding hydrogens is 274 g/mol. The van der Waals surface area contributed by atoms with Crippen LogP contribution in [-0.2, 0) is 4.79 Å². The lowest BCUT2D eigenvalue weighted by atomic mass is 9.78. The normalized spacial score (nSPS) is 25.6. The van der Waals surface area contributed by atoms with E-state index in [4.69, 9.17) is 0 Å². The summed E-state index contributed by atoms with van der Waals surface area (Å²) in [6.07, 6.45) is 3.48. The zero-order valence-electron chi connectivity index (χ0n) is 12.5. The fourth-order valence-electron chi connectivity index (χ4n) is 2.87. The Balaban J connectivity index is 1.83. The first-order valence-electron chi connectivity index (χ1n) is 7.45. The van der Waals surface area contributed by atoms with Crippen LogP contribution in [0.1, 0.15) is 33.1 Å². The largest absolute Gasteiger partial charge is 0.325 e. The van der Waals surface area contributed by atoms with Crippen molar-refractivity contribution in [2.24, 2.45) is 11.8 Å². The monoisotopic (exact) mass is 296 g/mol. The molecule has 0 radical (unpaired) electrons. The minimum Gasteiger partial charge on any atom is -0.325 e. The number of hydrogen-bond donors (Lipinski definition) is 2. The second-order valence-electron chi connectivity index (χ2n) is 5.93. The summed E-state index contributed by atoms with van der Waals surface area (Å²) in [6.45, 7) is 4.62. The summed E-state index contributed by atoms with van der Waals surface area (Å²) < 4.78 is 25.9. The molecule has 116 valence electrons. The van der Waals surface area contributed by atoms with Gasteiger partial charge >= 0.3 is 0 Å². The SMILES string of the molecule is CC1CCCC(NCC(=O)Nc2ccc(F)c(F)c2)C1C. The van der Waals surface area contributed by atoms with Gasteiger partial charge in [0.15, 0.2) is 11.6 Å². The maximum absolute atomic E-state index is 13.1. The number of hydrogen-bond acceptors (Lipinski definition) is 2. The first-order chi connectivity index (χ1) is 9.97. The summed E-state index contributed by atoms with van der Waals surface area (Å²) >= 11 is 0. The highest BCUT2D eigenvalue weighted by molar-refractivity contribution is 5.92. The van der Waals surface area contributed by atoms with E-state index in [1.54, 1.807) is 0 Å². The van der Waals surface area contributed by atoms with Gasteiger partial charge in [0.05, 0.1) is 6.54 Å². The zero-order chi connectivity index (χ0) is 15.4. The summed E-state index contributed by atoms with van der Waals surface area (Å²) in [4.78, 5) is 11.8. The van der Waals surface area contributed by atoms with Crippen LogP contribution in [0.4, 0.5) is 14.5 Å². The van der Waals surface area contributed by atoms with E-state index in [1.165, 1.54) is 18.9 Å². The molecule has 3 unspecified atom stereocenters. The molecule has 0 heterocycles. The third kappa shape index (κ3) is 4.24. The smallest absolute Gasteiger partial charge is 0.238 e. The molecule has 2 rings (SSSR count). The second kappa shape index (κ2) is 6.98. The molecule has 21 heavy (non-hydrogen) atoms. The molecule has 1 aromatic rings. The van der Waals surface area contributed by atoms with Crippen LogP contribution in [0, 0.1) is 23.5 Å². The van der Waals surface area contributed by atoms with Gasteiger partial charge in [-0.1, -0.05) is 26.7 Å². The number of carbonyl (C=O) groups is 1. The van der Waals surface area contributed by atoms with Crippen molar-refractivity contribution < 1.29 is 13.6 Å². The Hall–Kier alpha value is -1.49. The molecule has 3 atom stereocenters. The predicted octanol–water partition coefficient (Wildman–Crippen LogP) is 3.32. The van der Waals surface area contributed by atoms with Crippen molar-refractivity contribution in [2.75, 3.05) is 11.9 Å². The number of amides is 1. The van der Waals surface area contributed by atoms with Crippen LogP contribution >= 0.6 is 0 Å². The Bertz CT molecular complexity index is 507. The Morgan fingerprint density at radius 1 is 1.24 bits per heavy atom. The highest BCUT2D eigenvalue weighted by Crippen LogP contribution is 2.29. The molecule has 0 aliphatic heterocycles. The highest BCUT2D eigenvalue weighted by atomic mass is 19.2. The molecule has 1 aliphatic carbocycles. The topological polar surface area (TPSA) is 41.1 Å². The summed E-state index contributed by atoms with van der Waals surface area (Å²) in [5.74, 6) is -0.932. The minimum absolute atomic E-state index is 0.181. The van der Waals surface area contributed by atoms with E-state index >= 15 is 0 Å². The molecule has 0 aromatic heterocycles. The number of anilines is 1. The molecule has 1 aliphatic rings. The molecule has 5 heteroatoms. The van der Waals surface area contributed by atoms with Crippen molar-refractivity contribution in [1.82, 2.24) is 5.32 Å². The maximum Gasteiger partial charge on any atom is 0.238 e. The van der Waals surface area contributed by atoms with Crippen molar-refractivity contribution in [3.8, 4) is 0 Å². The van der Waals surface area contributed by atoms with Gasteiger partial charge in [-0.2, -0.15) is 0 Å². The van der Waals surface area contributed by atoms with Gasteiger partial charge in [0.2, 0.25) is 5.91 Å². The lowest BCUT2D eigenvalue weighted by Crippen LogP contribution is -2.43. The summed E-state index contributed by atoms with van der Waals surface area (Å²) in [6, 6.07) is 3.67. The van der Waals surface area contributed by atoms with Gasteiger partial charge in [-0.05, 0) is 30.4 Å². The van der Waals surface area contributed by atoms with E-state index in [2.05, 4.69) is 24.5 Å². The first-order valence-corrected chi connectivity index (χ1v) is 7.45. The van der Waals surface area contributed by atoms with E-state index in [0.29, 0.717) is 17.9 Å². The van der Waals surface area contributed by atoms with Crippen LogP contribution in [0.15, 0.2) is 18.2 Å². The summed E-state index contributed by atoms with van der Waals surface area (Å²) in [7, 11) is 0. The highest BCUT2D eigenvalue weighted by Gasteiger charge is 2.26. The van der Waals surface area contributed by atoms with Gasteiger partial charge in [-0.3, -0.25) is 4.79 Å². The van der Waals surface area contributed by atoms with Crippen LogP contribution < -0.4 is 10.6 Å². The predicted molar refractivity (Wildman–Crippen MR) is 79.0 cm³/mol. The average molecular weight is 296 g/mol. The quantitative estimate of drug-likeness (QED) is 0.895. The molecule has 1 aromatic carbocycles. The molecular formula is C16H22F2N2O. The van der Waals surface area contributed by atoms with E-state index in [9.17, 15) is 13.6 Å². The molecule has 1 fully saturated rings. The zero-order valence-corrected chi connectivity index (χ0v) is 12.5. The standard InChI is InChI=1S/C16H22F2N2O/c1-10-4-3-5-15(11(10)2)19-9-16(21)20-12-6-7-13(17)14(18)8-12/h6-8,10-11,15,19H,3-5,9H2,1-2H3,(H,20,21). The van der Waals surface area contributed by atoms with E-state index in [-0.39, 0.29) is 18.1 Å². The Morgan fingerprint density at radius 2 is 2.00 bits per heavy atom. The van der Waals surface area contributed by atoms with Gasteiger partial charge in [0.1, 0.15) is 0 Å².